The predicted molar refractivity (Wildman–Crippen MR) is 88.9 cm³/mol. The highest BCUT2D eigenvalue weighted by molar-refractivity contribution is 6.29. The van der Waals surface area contributed by atoms with E-state index in [0.717, 1.165) is 25.7 Å². The fourth-order valence-electron chi connectivity index (χ4n) is 2.68. The highest BCUT2D eigenvalue weighted by Crippen LogP contribution is 2.22. The third-order valence-electron chi connectivity index (χ3n) is 3.98. The Morgan fingerprint density at radius 1 is 1.10 bits per heavy atom. The van der Waals surface area contributed by atoms with Crippen LogP contribution in [-0.4, -0.2) is 16.0 Å². The van der Waals surface area contributed by atoms with Crippen LogP contribution < -0.4 is 0 Å². The van der Waals surface area contributed by atoms with Gasteiger partial charge in [0.25, 0.3) is 0 Å². The molecule has 1 unspecified atom stereocenters. The van der Waals surface area contributed by atoms with E-state index in [-0.39, 0.29) is 11.7 Å². The van der Waals surface area contributed by atoms with Crippen LogP contribution in [0.2, 0.25) is 5.15 Å². The molecule has 0 radical (unpaired) electrons. The zero-order valence-electron chi connectivity index (χ0n) is 13.5. The lowest BCUT2D eigenvalue weighted by atomic mass is 9.89. The van der Waals surface area contributed by atoms with E-state index in [4.69, 9.17) is 11.6 Å². The van der Waals surface area contributed by atoms with Gasteiger partial charge in [-0.3, -0.25) is 9.89 Å². The van der Waals surface area contributed by atoms with Crippen LogP contribution in [0, 0.1) is 5.92 Å². The summed E-state index contributed by atoms with van der Waals surface area (Å²) >= 11 is 5.83. The quantitative estimate of drug-likeness (QED) is 0.391. The van der Waals surface area contributed by atoms with Crippen LogP contribution >= 0.6 is 11.6 Å². The molecule has 1 atom stereocenters. The van der Waals surface area contributed by atoms with Gasteiger partial charge in [-0.15, -0.1) is 0 Å². The van der Waals surface area contributed by atoms with Crippen molar-refractivity contribution in [2.24, 2.45) is 5.92 Å². The number of H-pyrrole nitrogens is 1. The molecule has 1 aromatic rings. The molecular formula is C17H29ClN2O. The molecule has 0 fully saturated rings. The van der Waals surface area contributed by atoms with Gasteiger partial charge < -0.3 is 0 Å². The number of nitrogens with one attached hydrogen (secondary N) is 1. The van der Waals surface area contributed by atoms with Gasteiger partial charge in [-0.2, -0.15) is 5.10 Å². The standard InChI is InChI=1S/C17H29ClN2O/c1-3-5-7-8-10-12-14(11-9-6-4-2)17(21)15-13-16(18)20-19-15/h13-14H,3-12H2,1-2H3,(H,19,20). The molecule has 1 rings (SSSR count). The van der Waals surface area contributed by atoms with Gasteiger partial charge in [0.05, 0.1) is 0 Å². The Balaban J connectivity index is 2.48. The highest BCUT2D eigenvalue weighted by Gasteiger charge is 2.21. The van der Waals surface area contributed by atoms with Crippen molar-refractivity contribution >= 4 is 17.4 Å². The second-order valence-corrected chi connectivity index (χ2v) is 6.27. The fraction of sp³-hybridized carbons (Fsp3) is 0.765. The molecule has 21 heavy (non-hydrogen) atoms. The van der Waals surface area contributed by atoms with Gasteiger partial charge in [-0.25, -0.2) is 0 Å². The van der Waals surface area contributed by atoms with E-state index in [1.807, 2.05) is 0 Å². The van der Waals surface area contributed by atoms with Crippen molar-refractivity contribution in [3.05, 3.63) is 16.9 Å². The second-order valence-electron chi connectivity index (χ2n) is 5.86. The first-order valence-corrected chi connectivity index (χ1v) is 8.82. The molecule has 3 nitrogen and oxygen atoms in total. The van der Waals surface area contributed by atoms with E-state index in [9.17, 15) is 4.79 Å². The van der Waals surface area contributed by atoms with E-state index in [2.05, 4.69) is 24.0 Å². The Labute approximate surface area is 133 Å². The summed E-state index contributed by atoms with van der Waals surface area (Å²) in [5, 5.41) is 7.10. The molecule has 4 heteroatoms. The normalized spacial score (nSPS) is 12.5. The maximum absolute atomic E-state index is 12.5. The number of aromatic nitrogens is 2. The maximum Gasteiger partial charge on any atom is 0.186 e. The zero-order chi connectivity index (χ0) is 15.5. The largest absolute Gasteiger partial charge is 0.292 e. The molecule has 0 spiro atoms. The summed E-state index contributed by atoms with van der Waals surface area (Å²) in [5.41, 5.74) is 0.495. The average molecular weight is 313 g/mol. The van der Waals surface area contributed by atoms with Crippen LogP contribution in [0.4, 0.5) is 0 Å². The Bertz CT molecular complexity index is 403. The summed E-state index contributed by atoms with van der Waals surface area (Å²) in [6.07, 6.45) is 11.7. The first kappa shape index (κ1) is 18.2. The monoisotopic (exact) mass is 312 g/mol. The van der Waals surface area contributed by atoms with Gasteiger partial charge in [0.15, 0.2) is 5.78 Å². The van der Waals surface area contributed by atoms with E-state index in [1.165, 1.54) is 38.5 Å². The lowest BCUT2D eigenvalue weighted by Gasteiger charge is -2.14. The van der Waals surface area contributed by atoms with Crippen molar-refractivity contribution in [2.45, 2.75) is 78.1 Å². The lowest BCUT2D eigenvalue weighted by Crippen LogP contribution is -2.15. The van der Waals surface area contributed by atoms with Gasteiger partial charge in [0, 0.05) is 12.0 Å². The number of ketones is 1. The molecule has 0 aliphatic heterocycles. The molecule has 0 aliphatic rings. The molecule has 1 aromatic heterocycles. The van der Waals surface area contributed by atoms with E-state index in [1.54, 1.807) is 6.07 Å². The Morgan fingerprint density at radius 2 is 1.67 bits per heavy atom. The summed E-state index contributed by atoms with van der Waals surface area (Å²) in [4.78, 5) is 12.5. The topological polar surface area (TPSA) is 45.8 Å². The van der Waals surface area contributed by atoms with Crippen LogP contribution in [0.5, 0.6) is 0 Å². The minimum Gasteiger partial charge on any atom is -0.292 e. The number of rotatable bonds is 12. The number of aromatic amines is 1. The average Bonchev–Trinajstić information content (AvgIpc) is 2.91. The second kappa shape index (κ2) is 10.8. The SMILES string of the molecule is CCCCCCCC(CCCCC)C(=O)c1cc(Cl)[nH]n1. The number of unbranched alkanes of at least 4 members (excludes halogenated alkanes) is 6. The summed E-state index contributed by atoms with van der Waals surface area (Å²) < 4.78 is 0. The van der Waals surface area contributed by atoms with E-state index >= 15 is 0 Å². The molecule has 0 bridgehead atoms. The van der Waals surface area contributed by atoms with Crippen LogP contribution in [-0.2, 0) is 0 Å². The molecule has 120 valence electrons. The Morgan fingerprint density at radius 3 is 2.24 bits per heavy atom. The molecule has 0 saturated carbocycles. The number of carbonyl (C=O) groups is 1. The predicted octanol–water partition coefficient (Wildman–Crippen LogP) is 5.80. The minimum absolute atomic E-state index is 0.109. The van der Waals surface area contributed by atoms with Crippen LogP contribution in [0.1, 0.15) is 88.5 Å². The van der Waals surface area contributed by atoms with Gasteiger partial charge in [0.1, 0.15) is 10.8 Å². The van der Waals surface area contributed by atoms with Crippen molar-refractivity contribution in [1.29, 1.82) is 0 Å². The van der Waals surface area contributed by atoms with E-state index < -0.39 is 0 Å². The molecule has 0 aliphatic carbocycles. The Kier molecular flexibility index (Phi) is 9.40. The first-order chi connectivity index (χ1) is 10.2. The van der Waals surface area contributed by atoms with Crippen molar-refractivity contribution in [3.8, 4) is 0 Å². The summed E-state index contributed by atoms with van der Waals surface area (Å²) in [7, 11) is 0. The van der Waals surface area contributed by atoms with Crippen molar-refractivity contribution in [2.75, 3.05) is 0 Å². The molecule has 0 aromatic carbocycles. The molecule has 1 N–H and O–H groups in total. The maximum atomic E-state index is 12.5. The third kappa shape index (κ3) is 7.12. The number of hydrogen-bond acceptors (Lipinski definition) is 2. The third-order valence-corrected chi connectivity index (χ3v) is 4.18. The number of nitrogens with zero attached hydrogens (tertiary/aromatic N) is 1. The molecule has 1 heterocycles. The number of carbonyl (C=O) groups excluding carboxylic acids is 1. The van der Waals surface area contributed by atoms with E-state index in [0.29, 0.717) is 10.8 Å². The highest BCUT2D eigenvalue weighted by atomic mass is 35.5. The minimum atomic E-state index is 0.109. The van der Waals surface area contributed by atoms with Gasteiger partial charge in [-0.1, -0.05) is 76.8 Å². The van der Waals surface area contributed by atoms with Crippen molar-refractivity contribution in [1.82, 2.24) is 10.2 Å². The summed E-state index contributed by atoms with van der Waals surface area (Å²) in [6, 6.07) is 1.65. The van der Waals surface area contributed by atoms with Crippen molar-refractivity contribution in [3.63, 3.8) is 0 Å². The first-order valence-electron chi connectivity index (χ1n) is 8.44. The lowest BCUT2D eigenvalue weighted by molar-refractivity contribution is 0.0896. The Hall–Kier alpha value is -0.830. The number of halogens is 1. The van der Waals surface area contributed by atoms with Gasteiger partial charge in [-0.05, 0) is 12.8 Å². The smallest absolute Gasteiger partial charge is 0.186 e. The van der Waals surface area contributed by atoms with Crippen molar-refractivity contribution < 1.29 is 4.79 Å². The number of Topliss-reactive ketones (excluding diaryl/α,β-unsaturated/α-hetero) is 1. The molecule has 0 amide bonds. The zero-order valence-corrected chi connectivity index (χ0v) is 14.2. The van der Waals surface area contributed by atoms with Crippen LogP contribution in [0.15, 0.2) is 6.07 Å². The molecule has 0 saturated heterocycles. The van der Waals surface area contributed by atoms with Crippen LogP contribution in [0.3, 0.4) is 0 Å². The van der Waals surface area contributed by atoms with Gasteiger partial charge >= 0.3 is 0 Å². The van der Waals surface area contributed by atoms with Crippen LogP contribution in [0.25, 0.3) is 0 Å². The summed E-state index contributed by atoms with van der Waals surface area (Å²) in [5.74, 6) is 0.266. The molecular weight excluding hydrogens is 284 g/mol. The fourth-order valence-corrected chi connectivity index (χ4v) is 2.82. The number of hydrogen-bond donors (Lipinski definition) is 1. The van der Waals surface area contributed by atoms with Gasteiger partial charge in [0.2, 0.25) is 0 Å². The summed E-state index contributed by atoms with van der Waals surface area (Å²) in [6.45, 7) is 4.41.